The number of likely N-dealkylation sites (N-methyl/N-ethyl adjacent to an activating group) is 1. The zero-order valence-electron chi connectivity index (χ0n) is 17.3. The number of ether oxygens (including phenoxy) is 1. The third-order valence-corrected chi connectivity index (χ3v) is 3.93. The number of nitrogens with zero attached hydrogens (tertiary/aromatic N) is 4. The Balaban J connectivity index is 2.39. The van der Waals surface area contributed by atoms with Gasteiger partial charge in [0.15, 0.2) is 0 Å². The molecule has 0 saturated heterocycles. The minimum absolute atomic E-state index is 0.0891. The molecular formula is C19H26FN7O3. The summed E-state index contributed by atoms with van der Waals surface area (Å²) in [4.78, 5) is 37.6. The lowest BCUT2D eigenvalue weighted by molar-refractivity contribution is -0.141. The van der Waals surface area contributed by atoms with Crippen molar-refractivity contribution >= 4 is 35.4 Å². The van der Waals surface area contributed by atoms with E-state index in [0.29, 0.717) is 12.1 Å². The van der Waals surface area contributed by atoms with E-state index in [0.717, 1.165) is 0 Å². The van der Waals surface area contributed by atoms with Crippen molar-refractivity contribution in [3.63, 3.8) is 0 Å². The number of hydrogen-bond acceptors (Lipinski definition) is 9. The second-order valence-electron chi connectivity index (χ2n) is 7.09. The number of halogens is 1. The van der Waals surface area contributed by atoms with Crippen LogP contribution in [0.1, 0.15) is 20.3 Å². The normalized spacial score (nSPS) is 11.7. The number of rotatable bonds is 10. The third kappa shape index (κ3) is 6.83. The van der Waals surface area contributed by atoms with Gasteiger partial charge in [-0.1, -0.05) is 19.9 Å². The first-order valence-corrected chi connectivity index (χ1v) is 9.30. The number of nitrogens with one attached hydrogen (secondary N) is 2. The van der Waals surface area contributed by atoms with Crippen LogP contribution in [0.5, 0.6) is 0 Å². The molecule has 0 radical (unpaired) electrons. The summed E-state index contributed by atoms with van der Waals surface area (Å²) >= 11 is 0. The molecule has 0 bridgehead atoms. The highest BCUT2D eigenvalue weighted by atomic mass is 19.1. The zero-order chi connectivity index (χ0) is 22.3. The molecule has 162 valence electrons. The fourth-order valence-electron chi connectivity index (χ4n) is 2.64. The smallest absolute Gasteiger partial charge is 0.328 e. The van der Waals surface area contributed by atoms with Crippen LogP contribution >= 0.6 is 0 Å². The summed E-state index contributed by atoms with van der Waals surface area (Å²) in [6.07, 6.45) is 0.484. The van der Waals surface area contributed by atoms with E-state index < -0.39 is 23.7 Å². The highest BCUT2D eigenvalue weighted by Gasteiger charge is 2.23. The van der Waals surface area contributed by atoms with Crippen LogP contribution in [0.4, 0.5) is 27.9 Å². The highest BCUT2D eigenvalue weighted by molar-refractivity contribution is 5.79. The van der Waals surface area contributed by atoms with Crippen LogP contribution in [0.3, 0.4) is 0 Å². The summed E-state index contributed by atoms with van der Waals surface area (Å²) < 4.78 is 18.4. The van der Waals surface area contributed by atoms with Gasteiger partial charge in [0.25, 0.3) is 0 Å². The van der Waals surface area contributed by atoms with Crippen LogP contribution in [0.2, 0.25) is 0 Å². The van der Waals surface area contributed by atoms with Gasteiger partial charge in [-0.25, -0.2) is 9.18 Å². The van der Waals surface area contributed by atoms with Crippen LogP contribution in [-0.4, -0.2) is 53.6 Å². The Labute approximate surface area is 174 Å². The molecule has 0 unspecified atom stereocenters. The Kier molecular flexibility index (Phi) is 7.84. The molecule has 0 aliphatic carbocycles. The molecule has 11 heteroatoms. The molecule has 0 saturated carbocycles. The lowest BCUT2D eigenvalue weighted by Gasteiger charge is -2.20. The molecule has 1 aromatic carbocycles. The van der Waals surface area contributed by atoms with E-state index in [1.807, 2.05) is 13.8 Å². The molecule has 0 fully saturated rings. The number of nitrogens with two attached hydrogens (primary N) is 1. The summed E-state index contributed by atoms with van der Waals surface area (Å²) in [5.74, 6) is -0.941. The first kappa shape index (κ1) is 22.8. The molecule has 2 aromatic rings. The first-order chi connectivity index (χ1) is 14.2. The number of methoxy groups -OCH3 is 1. The van der Waals surface area contributed by atoms with Gasteiger partial charge in [0.2, 0.25) is 23.8 Å². The van der Waals surface area contributed by atoms with Gasteiger partial charge in [0.1, 0.15) is 11.9 Å². The minimum Gasteiger partial charge on any atom is -0.467 e. The molecule has 1 atom stereocenters. The molecule has 0 aliphatic heterocycles. The first-order valence-electron chi connectivity index (χ1n) is 9.30. The number of carbonyl (C=O) groups excluding carboxylic acids is 2. The molecule has 1 amide bonds. The van der Waals surface area contributed by atoms with Gasteiger partial charge >= 0.3 is 5.97 Å². The van der Waals surface area contributed by atoms with Crippen LogP contribution in [-0.2, 0) is 14.3 Å². The maximum Gasteiger partial charge on any atom is 0.328 e. The largest absolute Gasteiger partial charge is 0.467 e. The van der Waals surface area contributed by atoms with Crippen molar-refractivity contribution < 1.29 is 18.7 Å². The molecule has 30 heavy (non-hydrogen) atoms. The quantitative estimate of drug-likeness (QED) is 0.491. The second kappa shape index (κ2) is 10.3. The Bertz CT molecular complexity index is 894. The maximum absolute atomic E-state index is 13.5. The third-order valence-electron chi connectivity index (χ3n) is 3.93. The molecule has 1 aromatic heterocycles. The summed E-state index contributed by atoms with van der Waals surface area (Å²) in [5, 5.41) is 5.84. The van der Waals surface area contributed by atoms with E-state index in [4.69, 9.17) is 10.5 Å². The van der Waals surface area contributed by atoms with Crippen LogP contribution < -0.4 is 21.3 Å². The van der Waals surface area contributed by atoms with Gasteiger partial charge in [0, 0.05) is 12.7 Å². The average molecular weight is 419 g/mol. The van der Waals surface area contributed by atoms with E-state index in [9.17, 15) is 14.0 Å². The molecule has 1 heterocycles. The molecule has 0 spiro atoms. The van der Waals surface area contributed by atoms with E-state index in [1.54, 1.807) is 13.1 Å². The van der Waals surface area contributed by atoms with Gasteiger partial charge in [-0.15, -0.1) is 0 Å². The number of benzene rings is 1. The number of amides is 1. The number of aromatic nitrogens is 3. The summed E-state index contributed by atoms with van der Waals surface area (Å²) in [5.41, 5.74) is 5.67. The van der Waals surface area contributed by atoms with E-state index in [1.165, 1.54) is 30.2 Å². The molecule has 0 aliphatic rings. The Hall–Kier alpha value is -3.50. The number of hydrogen-bond donors (Lipinski definition) is 3. The van der Waals surface area contributed by atoms with Crippen molar-refractivity contribution in [3.8, 4) is 0 Å². The second-order valence-corrected chi connectivity index (χ2v) is 7.09. The van der Waals surface area contributed by atoms with Gasteiger partial charge in [-0.05, 0) is 30.5 Å². The van der Waals surface area contributed by atoms with Gasteiger partial charge < -0.3 is 26.0 Å². The molecule has 10 nitrogen and oxygen atoms in total. The lowest BCUT2D eigenvalue weighted by atomic mass is 10.0. The topological polar surface area (TPSA) is 135 Å². The molecular weight excluding hydrogens is 393 g/mol. The summed E-state index contributed by atoms with van der Waals surface area (Å²) in [6, 6.07) is 5.08. The standard InChI is InChI=1S/C19H26FN7O3/c1-11(2)8-14(16(29)30-4)23-18-24-17(22-13-7-5-6-12(20)9-13)25-19(26-18)27(3)10-15(21)28/h5-7,9,11,14H,8,10H2,1-4H3,(H2,21,28)(H2,22,23,24,25,26)/t14-/m1/s1. The number of carbonyl (C=O) groups is 2. The molecule has 2 rings (SSSR count). The molecule has 4 N–H and O–H groups in total. The minimum atomic E-state index is -0.686. The van der Waals surface area contributed by atoms with Crippen LogP contribution in [0, 0.1) is 11.7 Å². The van der Waals surface area contributed by atoms with E-state index >= 15 is 0 Å². The average Bonchev–Trinajstić information content (AvgIpc) is 2.65. The van der Waals surface area contributed by atoms with Crippen molar-refractivity contribution in [3.05, 3.63) is 30.1 Å². The van der Waals surface area contributed by atoms with Gasteiger partial charge in [-0.3, -0.25) is 4.79 Å². The lowest BCUT2D eigenvalue weighted by Crippen LogP contribution is -2.34. The van der Waals surface area contributed by atoms with Crippen molar-refractivity contribution in [2.75, 3.05) is 36.2 Å². The van der Waals surface area contributed by atoms with E-state index in [2.05, 4.69) is 25.6 Å². The summed E-state index contributed by atoms with van der Waals surface area (Å²) in [7, 11) is 2.88. The zero-order valence-corrected chi connectivity index (χ0v) is 17.3. The van der Waals surface area contributed by atoms with Crippen LogP contribution in [0.25, 0.3) is 0 Å². The monoisotopic (exact) mass is 419 g/mol. The highest BCUT2D eigenvalue weighted by Crippen LogP contribution is 2.19. The van der Waals surface area contributed by atoms with Crippen LogP contribution in [0.15, 0.2) is 24.3 Å². The number of primary amides is 1. The van der Waals surface area contributed by atoms with E-state index in [-0.39, 0.29) is 30.3 Å². The van der Waals surface area contributed by atoms with Gasteiger partial charge in [-0.2, -0.15) is 15.0 Å². The number of anilines is 4. The Morgan fingerprint density at radius 3 is 2.53 bits per heavy atom. The number of esters is 1. The maximum atomic E-state index is 13.5. The van der Waals surface area contributed by atoms with Crippen molar-refractivity contribution in [2.24, 2.45) is 11.7 Å². The van der Waals surface area contributed by atoms with Gasteiger partial charge in [0.05, 0.1) is 13.7 Å². The Morgan fingerprint density at radius 1 is 1.23 bits per heavy atom. The Morgan fingerprint density at radius 2 is 1.93 bits per heavy atom. The predicted molar refractivity (Wildman–Crippen MR) is 111 cm³/mol. The van der Waals surface area contributed by atoms with Crippen molar-refractivity contribution in [1.29, 1.82) is 0 Å². The fourth-order valence-corrected chi connectivity index (χ4v) is 2.64. The predicted octanol–water partition coefficient (Wildman–Crippen LogP) is 1.68. The summed E-state index contributed by atoms with van der Waals surface area (Å²) in [6.45, 7) is 3.80. The fraction of sp³-hybridized carbons (Fsp3) is 0.421. The van der Waals surface area contributed by atoms with Crippen molar-refractivity contribution in [2.45, 2.75) is 26.3 Å². The SMILES string of the molecule is COC(=O)[C@@H](CC(C)C)Nc1nc(Nc2cccc(F)c2)nc(N(C)CC(N)=O)n1. The van der Waals surface area contributed by atoms with Crippen molar-refractivity contribution in [1.82, 2.24) is 15.0 Å².